The van der Waals surface area contributed by atoms with Crippen LogP contribution in [0.25, 0.3) is 0 Å². The lowest BCUT2D eigenvalue weighted by molar-refractivity contribution is 0.504. The second-order valence-corrected chi connectivity index (χ2v) is 6.04. The summed E-state index contributed by atoms with van der Waals surface area (Å²) < 4.78 is 2.11. The van der Waals surface area contributed by atoms with Crippen LogP contribution in [-0.4, -0.2) is 16.1 Å². The quantitative estimate of drug-likeness (QED) is 0.838. The summed E-state index contributed by atoms with van der Waals surface area (Å²) in [6.45, 7) is 7.69. The summed E-state index contributed by atoms with van der Waals surface area (Å²) in [4.78, 5) is 4.25. The van der Waals surface area contributed by atoms with E-state index in [2.05, 4.69) is 67.0 Å². The molecule has 0 amide bonds. The number of aromatic nitrogens is 2. The molecule has 0 saturated heterocycles. The van der Waals surface area contributed by atoms with E-state index in [1.165, 1.54) is 16.8 Å². The highest BCUT2D eigenvalue weighted by Gasteiger charge is 2.14. The number of imidazole rings is 1. The Labute approximate surface area is 128 Å². The summed E-state index contributed by atoms with van der Waals surface area (Å²) >= 11 is 0. The van der Waals surface area contributed by atoms with Crippen LogP contribution in [0.4, 0.5) is 0 Å². The average Bonchev–Trinajstić information content (AvgIpc) is 2.90. The molecule has 1 atom stereocenters. The minimum Gasteiger partial charge on any atom is -0.336 e. The summed E-state index contributed by atoms with van der Waals surface area (Å²) in [6, 6.07) is 9.33. The van der Waals surface area contributed by atoms with Crippen LogP contribution in [0, 0.1) is 0 Å². The minimum atomic E-state index is 0.322. The van der Waals surface area contributed by atoms with Crippen LogP contribution in [0.5, 0.6) is 0 Å². The van der Waals surface area contributed by atoms with Gasteiger partial charge in [-0.2, -0.15) is 0 Å². The molecule has 1 aromatic carbocycles. The van der Waals surface area contributed by atoms with Crippen molar-refractivity contribution in [2.45, 2.75) is 45.6 Å². The van der Waals surface area contributed by atoms with Gasteiger partial charge in [0, 0.05) is 13.2 Å². The van der Waals surface area contributed by atoms with Crippen LogP contribution in [0.3, 0.4) is 0 Å². The highest BCUT2D eigenvalue weighted by atomic mass is 15.1. The molecule has 114 valence electrons. The lowest BCUT2D eigenvalue weighted by Gasteiger charge is -2.19. The molecule has 1 aromatic heterocycles. The van der Waals surface area contributed by atoms with E-state index in [4.69, 9.17) is 0 Å². The number of aryl methyl sites for hydroxylation is 1. The fourth-order valence-electron chi connectivity index (χ4n) is 2.58. The van der Waals surface area contributed by atoms with Crippen molar-refractivity contribution >= 4 is 0 Å². The van der Waals surface area contributed by atoms with Crippen molar-refractivity contribution in [2.75, 3.05) is 6.54 Å². The second kappa shape index (κ2) is 7.41. The zero-order chi connectivity index (χ0) is 15.2. The van der Waals surface area contributed by atoms with E-state index >= 15 is 0 Å². The Balaban J connectivity index is 2.13. The molecule has 0 aliphatic carbocycles. The van der Waals surface area contributed by atoms with Gasteiger partial charge in [-0.3, -0.25) is 0 Å². The van der Waals surface area contributed by atoms with Crippen LogP contribution < -0.4 is 5.32 Å². The third-order valence-corrected chi connectivity index (χ3v) is 3.94. The Hall–Kier alpha value is -1.61. The molecule has 0 radical (unpaired) electrons. The first-order chi connectivity index (χ1) is 10.1. The number of nitrogens with zero attached hydrogens (tertiary/aromatic N) is 2. The molecule has 2 rings (SSSR count). The van der Waals surface area contributed by atoms with Crippen molar-refractivity contribution in [3.8, 4) is 0 Å². The number of rotatable bonds is 7. The van der Waals surface area contributed by atoms with Crippen molar-refractivity contribution in [3.05, 3.63) is 53.6 Å². The monoisotopic (exact) mass is 285 g/mol. The third kappa shape index (κ3) is 4.18. The molecule has 0 aliphatic heterocycles. The van der Waals surface area contributed by atoms with E-state index < -0.39 is 0 Å². The van der Waals surface area contributed by atoms with Crippen molar-refractivity contribution in [1.82, 2.24) is 14.9 Å². The summed E-state index contributed by atoms with van der Waals surface area (Å²) in [7, 11) is 2.06. The normalized spacial score (nSPS) is 12.8. The maximum atomic E-state index is 4.25. The van der Waals surface area contributed by atoms with E-state index in [-0.39, 0.29) is 0 Å². The molecule has 0 spiro atoms. The van der Waals surface area contributed by atoms with Gasteiger partial charge in [-0.25, -0.2) is 4.98 Å². The first kappa shape index (κ1) is 15.8. The summed E-state index contributed by atoms with van der Waals surface area (Å²) in [5.41, 5.74) is 4.02. The molecule has 3 heteroatoms. The first-order valence-electron chi connectivity index (χ1n) is 7.90. The number of hydrogen-bond acceptors (Lipinski definition) is 2. The van der Waals surface area contributed by atoms with Gasteiger partial charge in [0.25, 0.3) is 0 Å². The van der Waals surface area contributed by atoms with Gasteiger partial charge in [-0.15, -0.1) is 0 Å². The van der Waals surface area contributed by atoms with E-state index in [0.29, 0.717) is 12.0 Å². The zero-order valence-corrected chi connectivity index (χ0v) is 13.6. The summed E-state index contributed by atoms with van der Waals surface area (Å²) in [6.07, 6.45) is 5.98. The van der Waals surface area contributed by atoms with Crippen molar-refractivity contribution < 1.29 is 0 Å². The van der Waals surface area contributed by atoms with Crippen LogP contribution >= 0.6 is 0 Å². The van der Waals surface area contributed by atoms with E-state index in [9.17, 15) is 0 Å². The van der Waals surface area contributed by atoms with Crippen LogP contribution in [0.2, 0.25) is 0 Å². The Morgan fingerprint density at radius 2 is 1.90 bits per heavy atom. The molecular weight excluding hydrogens is 258 g/mol. The lowest BCUT2D eigenvalue weighted by Crippen LogP contribution is -2.25. The highest BCUT2D eigenvalue weighted by Crippen LogP contribution is 2.20. The Bertz CT molecular complexity index is 540. The molecule has 0 fully saturated rings. The van der Waals surface area contributed by atoms with Gasteiger partial charge in [-0.1, -0.05) is 45.0 Å². The molecular formula is C18H27N3. The number of nitrogens with one attached hydrogen (secondary N) is 1. The third-order valence-electron chi connectivity index (χ3n) is 3.94. The molecule has 1 heterocycles. The summed E-state index contributed by atoms with van der Waals surface area (Å²) in [5.74, 6) is 0.588. The standard InChI is InChI=1S/C18H27N3/c1-5-10-20-17(18-12-19-13-21(18)4)11-15-6-8-16(9-7-15)14(2)3/h6-9,12-14,17,20H,5,10-11H2,1-4H3. The maximum absolute atomic E-state index is 4.25. The molecule has 0 saturated carbocycles. The van der Waals surface area contributed by atoms with Gasteiger partial charge in [0.05, 0.1) is 18.1 Å². The van der Waals surface area contributed by atoms with Gasteiger partial charge in [0.1, 0.15) is 0 Å². The van der Waals surface area contributed by atoms with Gasteiger partial charge in [0.15, 0.2) is 0 Å². The Kier molecular flexibility index (Phi) is 5.57. The van der Waals surface area contributed by atoms with Crippen molar-refractivity contribution in [1.29, 1.82) is 0 Å². The molecule has 2 aromatic rings. The smallest absolute Gasteiger partial charge is 0.0946 e. The van der Waals surface area contributed by atoms with Crippen LogP contribution in [0.15, 0.2) is 36.8 Å². The molecule has 1 N–H and O–H groups in total. The Morgan fingerprint density at radius 3 is 2.43 bits per heavy atom. The fraction of sp³-hybridized carbons (Fsp3) is 0.500. The zero-order valence-electron chi connectivity index (χ0n) is 13.6. The van der Waals surface area contributed by atoms with Crippen LogP contribution in [0.1, 0.15) is 56.0 Å². The predicted octanol–water partition coefficient (Wildman–Crippen LogP) is 3.83. The molecule has 0 aliphatic rings. The van der Waals surface area contributed by atoms with Crippen molar-refractivity contribution in [3.63, 3.8) is 0 Å². The van der Waals surface area contributed by atoms with Crippen LogP contribution in [-0.2, 0) is 13.5 Å². The molecule has 21 heavy (non-hydrogen) atoms. The second-order valence-electron chi connectivity index (χ2n) is 6.04. The van der Waals surface area contributed by atoms with E-state index in [1.54, 1.807) is 0 Å². The average molecular weight is 285 g/mol. The number of benzene rings is 1. The van der Waals surface area contributed by atoms with E-state index in [1.807, 2.05) is 12.5 Å². The molecule has 1 unspecified atom stereocenters. The van der Waals surface area contributed by atoms with Gasteiger partial charge >= 0.3 is 0 Å². The topological polar surface area (TPSA) is 29.9 Å². The largest absolute Gasteiger partial charge is 0.336 e. The fourth-order valence-corrected chi connectivity index (χ4v) is 2.58. The summed E-state index contributed by atoms with van der Waals surface area (Å²) in [5, 5.41) is 3.64. The van der Waals surface area contributed by atoms with Gasteiger partial charge in [-0.05, 0) is 36.4 Å². The molecule has 0 bridgehead atoms. The SMILES string of the molecule is CCCNC(Cc1ccc(C(C)C)cc1)c1cncn1C. The Morgan fingerprint density at radius 1 is 1.19 bits per heavy atom. The van der Waals surface area contributed by atoms with Crippen molar-refractivity contribution in [2.24, 2.45) is 7.05 Å². The van der Waals surface area contributed by atoms with Gasteiger partial charge < -0.3 is 9.88 Å². The first-order valence-corrected chi connectivity index (χ1v) is 7.90. The minimum absolute atomic E-state index is 0.322. The van der Waals surface area contributed by atoms with E-state index in [0.717, 1.165) is 19.4 Å². The molecule has 3 nitrogen and oxygen atoms in total. The maximum Gasteiger partial charge on any atom is 0.0946 e. The lowest BCUT2D eigenvalue weighted by atomic mass is 9.98. The van der Waals surface area contributed by atoms with Gasteiger partial charge in [0.2, 0.25) is 0 Å². The predicted molar refractivity (Wildman–Crippen MR) is 88.5 cm³/mol. The highest BCUT2D eigenvalue weighted by molar-refractivity contribution is 5.26. The number of hydrogen-bond donors (Lipinski definition) is 1.